The molecule has 0 saturated heterocycles. The standard InChI is InChI=1S/C11H11FN2/c1-7-2-3-14-11-9(7)4-8(6-13)5-10(11)12/h2-5H,6,13H2,1H3. The van der Waals surface area contributed by atoms with Crippen LogP contribution in [-0.2, 0) is 6.54 Å². The molecule has 0 saturated carbocycles. The Hall–Kier alpha value is -1.48. The maximum absolute atomic E-state index is 13.5. The zero-order chi connectivity index (χ0) is 10.1. The average Bonchev–Trinajstić information content (AvgIpc) is 2.19. The quantitative estimate of drug-likeness (QED) is 0.748. The number of hydrogen-bond donors (Lipinski definition) is 1. The Kier molecular flexibility index (Phi) is 2.17. The lowest BCUT2D eigenvalue weighted by atomic mass is 10.1. The molecule has 0 bridgehead atoms. The molecule has 2 N–H and O–H groups in total. The highest BCUT2D eigenvalue weighted by Crippen LogP contribution is 2.20. The Bertz CT molecular complexity index is 480. The minimum absolute atomic E-state index is 0.299. The third kappa shape index (κ3) is 1.36. The van der Waals surface area contributed by atoms with E-state index in [0.717, 1.165) is 16.5 Å². The van der Waals surface area contributed by atoms with Crippen LogP contribution in [0.1, 0.15) is 11.1 Å². The van der Waals surface area contributed by atoms with Gasteiger partial charge in [0, 0.05) is 18.1 Å². The molecule has 0 radical (unpaired) electrons. The number of nitrogens with zero attached hydrogens (tertiary/aromatic N) is 1. The Balaban J connectivity index is 2.83. The van der Waals surface area contributed by atoms with E-state index in [2.05, 4.69) is 4.98 Å². The number of nitrogens with two attached hydrogens (primary N) is 1. The molecule has 0 atom stereocenters. The summed E-state index contributed by atoms with van der Waals surface area (Å²) in [5.41, 5.74) is 7.71. The molecule has 0 unspecified atom stereocenters. The summed E-state index contributed by atoms with van der Waals surface area (Å²) in [5.74, 6) is -0.299. The molecule has 2 aromatic rings. The zero-order valence-electron chi connectivity index (χ0n) is 7.92. The van der Waals surface area contributed by atoms with Crippen molar-refractivity contribution in [2.75, 3.05) is 0 Å². The number of aryl methyl sites for hydroxylation is 1. The molecule has 0 fully saturated rings. The fraction of sp³-hybridized carbons (Fsp3) is 0.182. The summed E-state index contributed by atoms with van der Waals surface area (Å²) in [6.07, 6.45) is 1.61. The molecule has 72 valence electrons. The van der Waals surface area contributed by atoms with Gasteiger partial charge in [0.2, 0.25) is 0 Å². The lowest BCUT2D eigenvalue weighted by molar-refractivity contribution is 0.634. The maximum atomic E-state index is 13.5. The average molecular weight is 190 g/mol. The molecule has 0 aliphatic heterocycles. The highest BCUT2D eigenvalue weighted by atomic mass is 19.1. The number of fused-ring (bicyclic) bond motifs is 1. The van der Waals surface area contributed by atoms with E-state index in [4.69, 9.17) is 5.73 Å². The molecule has 2 rings (SSSR count). The van der Waals surface area contributed by atoms with Gasteiger partial charge in [-0.05, 0) is 36.2 Å². The van der Waals surface area contributed by atoms with Crippen molar-refractivity contribution < 1.29 is 4.39 Å². The van der Waals surface area contributed by atoms with Crippen molar-refractivity contribution in [2.24, 2.45) is 5.73 Å². The Morgan fingerprint density at radius 1 is 1.43 bits per heavy atom. The molecule has 1 aromatic heterocycles. The van der Waals surface area contributed by atoms with Gasteiger partial charge in [-0.25, -0.2) is 4.39 Å². The molecule has 0 aliphatic rings. The van der Waals surface area contributed by atoms with E-state index in [9.17, 15) is 4.39 Å². The van der Waals surface area contributed by atoms with Gasteiger partial charge in [0.05, 0.1) is 0 Å². The van der Waals surface area contributed by atoms with Crippen LogP contribution in [0.4, 0.5) is 4.39 Å². The van der Waals surface area contributed by atoms with E-state index in [1.807, 2.05) is 19.1 Å². The Labute approximate surface area is 81.6 Å². The highest BCUT2D eigenvalue weighted by molar-refractivity contribution is 5.83. The van der Waals surface area contributed by atoms with Crippen LogP contribution in [0.15, 0.2) is 24.4 Å². The van der Waals surface area contributed by atoms with Crippen molar-refractivity contribution in [1.29, 1.82) is 0 Å². The fourth-order valence-corrected chi connectivity index (χ4v) is 1.52. The highest BCUT2D eigenvalue weighted by Gasteiger charge is 2.05. The zero-order valence-corrected chi connectivity index (χ0v) is 7.92. The first kappa shape index (κ1) is 9.09. The van der Waals surface area contributed by atoms with Crippen LogP contribution in [0.2, 0.25) is 0 Å². The fourth-order valence-electron chi connectivity index (χ4n) is 1.52. The van der Waals surface area contributed by atoms with Crippen molar-refractivity contribution in [3.8, 4) is 0 Å². The van der Waals surface area contributed by atoms with Crippen molar-refractivity contribution >= 4 is 10.9 Å². The molecule has 1 aromatic carbocycles. The van der Waals surface area contributed by atoms with E-state index < -0.39 is 0 Å². The van der Waals surface area contributed by atoms with E-state index in [1.54, 1.807) is 6.20 Å². The lowest BCUT2D eigenvalue weighted by Crippen LogP contribution is -1.98. The van der Waals surface area contributed by atoms with Crippen LogP contribution in [0, 0.1) is 12.7 Å². The van der Waals surface area contributed by atoms with Gasteiger partial charge in [-0.2, -0.15) is 0 Å². The van der Waals surface area contributed by atoms with Gasteiger partial charge in [0.1, 0.15) is 11.3 Å². The molecule has 0 spiro atoms. The summed E-state index contributed by atoms with van der Waals surface area (Å²) in [4.78, 5) is 4.00. The van der Waals surface area contributed by atoms with Gasteiger partial charge in [0.15, 0.2) is 0 Å². The number of pyridine rings is 1. The van der Waals surface area contributed by atoms with Gasteiger partial charge in [-0.1, -0.05) is 0 Å². The SMILES string of the molecule is Cc1ccnc2c(F)cc(CN)cc12. The smallest absolute Gasteiger partial charge is 0.149 e. The van der Waals surface area contributed by atoms with E-state index in [1.165, 1.54) is 6.07 Å². The first-order valence-electron chi connectivity index (χ1n) is 4.46. The van der Waals surface area contributed by atoms with Crippen LogP contribution < -0.4 is 5.73 Å². The third-order valence-electron chi connectivity index (χ3n) is 2.31. The largest absolute Gasteiger partial charge is 0.326 e. The predicted molar refractivity (Wildman–Crippen MR) is 54.3 cm³/mol. The summed E-state index contributed by atoms with van der Waals surface area (Å²) in [7, 11) is 0. The summed E-state index contributed by atoms with van der Waals surface area (Å²) in [6, 6.07) is 5.19. The number of hydrogen-bond acceptors (Lipinski definition) is 2. The molecule has 1 heterocycles. The molecule has 0 aliphatic carbocycles. The van der Waals surface area contributed by atoms with Gasteiger partial charge in [-0.3, -0.25) is 4.98 Å². The normalized spacial score (nSPS) is 10.8. The van der Waals surface area contributed by atoms with E-state index >= 15 is 0 Å². The van der Waals surface area contributed by atoms with Crippen LogP contribution in [0.5, 0.6) is 0 Å². The monoisotopic (exact) mass is 190 g/mol. The third-order valence-corrected chi connectivity index (χ3v) is 2.31. The number of benzene rings is 1. The van der Waals surface area contributed by atoms with Crippen LogP contribution in [0.3, 0.4) is 0 Å². The number of rotatable bonds is 1. The van der Waals surface area contributed by atoms with Gasteiger partial charge in [0.25, 0.3) is 0 Å². The predicted octanol–water partition coefficient (Wildman–Crippen LogP) is 2.14. The van der Waals surface area contributed by atoms with E-state index in [0.29, 0.717) is 12.1 Å². The number of aromatic nitrogens is 1. The van der Waals surface area contributed by atoms with Crippen molar-refractivity contribution in [2.45, 2.75) is 13.5 Å². The number of halogens is 1. The van der Waals surface area contributed by atoms with Crippen molar-refractivity contribution in [3.05, 3.63) is 41.3 Å². The van der Waals surface area contributed by atoms with Gasteiger partial charge in [-0.15, -0.1) is 0 Å². The van der Waals surface area contributed by atoms with Crippen molar-refractivity contribution in [1.82, 2.24) is 4.98 Å². The maximum Gasteiger partial charge on any atom is 0.149 e. The summed E-state index contributed by atoms with van der Waals surface area (Å²) in [5, 5.41) is 0.841. The molecule has 14 heavy (non-hydrogen) atoms. The van der Waals surface area contributed by atoms with Crippen LogP contribution in [-0.4, -0.2) is 4.98 Å². The molecule has 3 heteroatoms. The topological polar surface area (TPSA) is 38.9 Å². The minimum Gasteiger partial charge on any atom is -0.326 e. The lowest BCUT2D eigenvalue weighted by Gasteiger charge is -2.04. The molecular weight excluding hydrogens is 179 g/mol. The second-order valence-electron chi connectivity index (χ2n) is 3.31. The second-order valence-corrected chi connectivity index (χ2v) is 3.31. The first-order chi connectivity index (χ1) is 6.72. The summed E-state index contributed by atoms with van der Waals surface area (Å²) < 4.78 is 13.5. The van der Waals surface area contributed by atoms with Gasteiger partial charge >= 0.3 is 0 Å². The second kappa shape index (κ2) is 3.35. The van der Waals surface area contributed by atoms with Gasteiger partial charge < -0.3 is 5.73 Å². The molecular formula is C11H11FN2. The summed E-state index contributed by atoms with van der Waals surface area (Å²) >= 11 is 0. The Morgan fingerprint density at radius 2 is 2.21 bits per heavy atom. The molecule has 0 amide bonds. The molecule has 2 nitrogen and oxygen atoms in total. The minimum atomic E-state index is -0.299. The Morgan fingerprint density at radius 3 is 2.93 bits per heavy atom. The summed E-state index contributed by atoms with van der Waals surface area (Å²) in [6.45, 7) is 2.28. The van der Waals surface area contributed by atoms with Crippen LogP contribution >= 0.6 is 0 Å². The van der Waals surface area contributed by atoms with Crippen LogP contribution in [0.25, 0.3) is 10.9 Å². The van der Waals surface area contributed by atoms with E-state index in [-0.39, 0.29) is 5.82 Å². The van der Waals surface area contributed by atoms with Crippen molar-refractivity contribution in [3.63, 3.8) is 0 Å². The first-order valence-corrected chi connectivity index (χ1v) is 4.46.